The Labute approximate surface area is 204 Å². The molecule has 0 aromatic carbocycles. The molecule has 190 valence electrons. The van der Waals surface area contributed by atoms with Crippen LogP contribution in [0.3, 0.4) is 0 Å². The minimum Gasteiger partial charge on any atom is -0.481 e. The van der Waals surface area contributed by atoms with Crippen LogP contribution >= 0.6 is 0 Å². The molecular formula is C29H44O5. The molecule has 5 aliphatic rings. The highest BCUT2D eigenvalue weighted by molar-refractivity contribution is 5.76. The number of hydrogen-bond acceptors (Lipinski definition) is 4. The van der Waals surface area contributed by atoms with Crippen LogP contribution in [-0.4, -0.2) is 44.7 Å². The summed E-state index contributed by atoms with van der Waals surface area (Å²) in [6.07, 6.45) is 4.93. The van der Waals surface area contributed by atoms with E-state index in [1.807, 2.05) is 0 Å². The van der Waals surface area contributed by atoms with Crippen LogP contribution in [0.4, 0.5) is 0 Å². The monoisotopic (exact) mass is 472 g/mol. The third kappa shape index (κ3) is 2.70. The minimum absolute atomic E-state index is 0.00302. The summed E-state index contributed by atoms with van der Waals surface area (Å²) >= 11 is 0. The summed E-state index contributed by atoms with van der Waals surface area (Å²) in [5.41, 5.74) is 0.213. The topological polar surface area (TPSA) is 98.0 Å². The first-order chi connectivity index (χ1) is 15.8. The molecule has 4 N–H and O–H groups in total. The van der Waals surface area contributed by atoms with Gasteiger partial charge in [-0.3, -0.25) is 4.79 Å². The van der Waals surface area contributed by atoms with Crippen molar-refractivity contribution in [3.05, 3.63) is 23.8 Å². The quantitative estimate of drug-likeness (QED) is 0.420. The Morgan fingerprint density at radius 1 is 1.09 bits per heavy atom. The van der Waals surface area contributed by atoms with E-state index in [0.717, 1.165) is 25.7 Å². The molecule has 5 rings (SSSR count). The van der Waals surface area contributed by atoms with Gasteiger partial charge in [-0.25, -0.2) is 0 Å². The van der Waals surface area contributed by atoms with Crippen molar-refractivity contribution in [2.75, 3.05) is 0 Å². The normalized spacial score (nSPS) is 56.9. The number of allylic oxidation sites excluding steroid dienone is 2. The minimum atomic E-state index is -0.935. The number of rotatable bonds is 1. The largest absolute Gasteiger partial charge is 0.481 e. The van der Waals surface area contributed by atoms with Crippen LogP contribution < -0.4 is 0 Å². The molecule has 0 saturated heterocycles. The second-order valence-corrected chi connectivity index (χ2v) is 13.5. The summed E-state index contributed by atoms with van der Waals surface area (Å²) < 4.78 is 0. The SMILES string of the molecule is C=C1[C@@H](O)[C@H](O)C[C@]2(C)C3CC=C4[C@@H]5[C@@H](C)[C@H](C)CC[C@]5(C(=O)O)CC[C@@]4(C)[C@]3(C)[C@@H](O)C[C@@H]12. The van der Waals surface area contributed by atoms with Crippen molar-refractivity contribution in [2.45, 2.75) is 97.9 Å². The predicted octanol–water partition coefficient (Wildman–Crippen LogP) is 4.56. The Balaban J connectivity index is 1.65. The maximum absolute atomic E-state index is 12.8. The smallest absolute Gasteiger partial charge is 0.310 e. The Bertz CT molecular complexity index is 941. The van der Waals surface area contributed by atoms with Crippen molar-refractivity contribution in [1.29, 1.82) is 0 Å². The van der Waals surface area contributed by atoms with E-state index in [4.69, 9.17) is 0 Å². The van der Waals surface area contributed by atoms with Gasteiger partial charge in [-0.15, -0.1) is 0 Å². The van der Waals surface area contributed by atoms with Crippen LogP contribution in [0.25, 0.3) is 0 Å². The molecule has 1 unspecified atom stereocenters. The second kappa shape index (κ2) is 7.43. The summed E-state index contributed by atoms with van der Waals surface area (Å²) in [4.78, 5) is 12.8. The van der Waals surface area contributed by atoms with Crippen LogP contribution in [0.2, 0.25) is 0 Å². The molecule has 12 atom stereocenters. The highest BCUT2D eigenvalue weighted by Crippen LogP contribution is 2.74. The van der Waals surface area contributed by atoms with E-state index in [1.165, 1.54) is 5.57 Å². The summed E-state index contributed by atoms with van der Waals surface area (Å²) in [6, 6.07) is 0. The molecule has 4 saturated carbocycles. The van der Waals surface area contributed by atoms with Crippen LogP contribution in [0.1, 0.15) is 79.6 Å². The standard InChI is InChI=1S/C29H44O5/c1-15-9-10-29(25(33)34)12-11-27(5)18(23(29)16(15)2)7-8-21-26(4)14-20(30)24(32)17(3)19(26)13-22(31)28(21,27)6/h7,15-16,19-24,30-32H,3,8-14H2,1-2,4-6H3,(H,33,34)/t15-,16+,19+,20-,21?,22+,23+,24-,26+,27-,28+,29+/m1/s1. The first-order valence-corrected chi connectivity index (χ1v) is 13.4. The molecular weight excluding hydrogens is 428 g/mol. The number of hydrogen-bond donors (Lipinski definition) is 4. The maximum atomic E-state index is 12.8. The fourth-order valence-electron chi connectivity index (χ4n) is 10.1. The molecule has 5 nitrogen and oxygen atoms in total. The van der Waals surface area contributed by atoms with Gasteiger partial charge in [-0.1, -0.05) is 52.8 Å². The zero-order chi connectivity index (χ0) is 25.0. The molecule has 5 heteroatoms. The molecule has 0 aromatic rings. The van der Waals surface area contributed by atoms with Gasteiger partial charge in [-0.05, 0) is 90.9 Å². The molecule has 5 aliphatic carbocycles. The van der Waals surface area contributed by atoms with E-state index in [-0.39, 0.29) is 34.5 Å². The van der Waals surface area contributed by atoms with Crippen LogP contribution in [0, 0.1) is 51.2 Å². The maximum Gasteiger partial charge on any atom is 0.310 e. The Kier molecular flexibility index (Phi) is 5.36. The number of carboxylic acid groups (broad SMARTS) is 1. The van der Waals surface area contributed by atoms with Gasteiger partial charge in [-0.2, -0.15) is 0 Å². The van der Waals surface area contributed by atoms with Crippen molar-refractivity contribution in [2.24, 2.45) is 51.2 Å². The molecule has 4 fully saturated rings. The van der Waals surface area contributed by atoms with E-state index >= 15 is 0 Å². The molecule has 0 spiro atoms. The summed E-state index contributed by atoms with van der Waals surface area (Å²) in [6.45, 7) is 15.4. The lowest BCUT2D eigenvalue weighted by molar-refractivity contribution is -0.219. The molecule has 0 aromatic heterocycles. The summed E-state index contributed by atoms with van der Waals surface area (Å²) in [5, 5.41) is 43.6. The third-order valence-electron chi connectivity index (χ3n) is 12.6. The molecule has 0 heterocycles. The van der Waals surface area contributed by atoms with Gasteiger partial charge < -0.3 is 20.4 Å². The van der Waals surface area contributed by atoms with Gasteiger partial charge in [0.2, 0.25) is 0 Å². The number of fused-ring (bicyclic) bond motifs is 7. The van der Waals surface area contributed by atoms with Crippen molar-refractivity contribution >= 4 is 5.97 Å². The third-order valence-corrected chi connectivity index (χ3v) is 12.6. The zero-order valence-electron chi connectivity index (χ0n) is 21.6. The van der Waals surface area contributed by atoms with Gasteiger partial charge >= 0.3 is 5.97 Å². The lowest BCUT2D eigenvalue weighted by Crippen LogP contribution is -2.68. The number of aliphatic hydroxyl groups is 3. The van der Waals surface area contributed by atoms with Crippen molar-refractivity contribution in [1.82, 2.24) is 0 Å². The Morgan fingerprint density at radius 2 is 1.76 bits per heavy atom. The summed E-state index contributed by atoms with van der Waals surface area (Å²) in [5.74, 6) is 0.192. The van der Waals surface area contributed by atoms with E-state index in [2.05, 4.69) is 47.3 Å². The highest BCUT2D eigenvalue weighted by Gasteiger charge is 2.71. The predicted molar refractivity (Wildman–Crippen MR) is 131 cm³/mol. The average molecular weight is 473 g/mol. The van der Waals surface area contributed by atoms with Gasteiger partial charge in [0, 0.05) is 5.41 Å². The van der Waals surface area contributed by atoms with E-state index in [9.17, 15) is 25.2 Å². The number of aliphatic carboxylic acids is 1. The molecule has 34 heavy (non-hydrogen) atoms. The van der Waals surface area contributed by atoms with Crippen LogP contribution in [0.15, 0.2) is 23.8 Å². The van der Waals surface area contributed by atoms with Crippen LogP contribution in [0.5, 0.6) is 0 Å². The number of aliphatic hydroxyl groups excluding tert-OH is 3. The van der Waals surface area contributed by atoms with Crippen molar-refractivity contribution < 1.29 is 25.2 Å². The van der Waals surface area contributed by atoms with E-state index < -0.39 is 35.1 Å². The number of carbonyl (C=O) groups is 1. The Morgan fingerprint density at radius 3 is 2.41 bits per heavy atom. The molecule has 0 amide bonds. The zero-order valence-corrected chi connectivity index (χ0v) is 21.6. The van der Waals surface area contributed by atoms with E-state index in [1.54, 1.807) is 0 Å². The molecule has 0 bridgehead atoms. The lowest BCUT2D eigenvalue weighted by Gasteiger charge is -2.71. The first-order valence-electron chi connectivity index (χ1n) is 13.4. The fraction of sp³-hybridized carbons (Fsp3) is 0.828. The lowest BCUT2D eigenvalue weighted by atomic mass is 9.34. The number of carboxylic acids is 1. The van der Waals surface area contributed by atoms with Crippen molar-refractivity contribution in [3.8, 4) is 0 Å². The van der Waals surface area contributed by atoms with Gasteiger partial charge in [0.15, 0.2) is 0 Å². The Hall–Kier alpha value is -1.17. The van der Waals surface area contributed by atoms with Gasteiger partial charge in [0.1, 0.15) is 6.10 Å². The fourth-order valence-corrected chi connectivity index (χ4v) is 10.1. The van der Waals surface area contributed by atoms with Crippen molar-refractivity contribution in [3.63, 3.8) is 0 Å². The molecule has 0 radical (unpaired) electrons. The second-order valence-electron chi connectivity index (χ2n) is 13.5. The first kappa shape index (κ1) is 24.5. The summed E-state index contributed by atoms with van der Waals surface area (Å²) in [7, 11) is 0. The van der Waals surface area contributed by atoms with Crippen LogP contribution in [-0.2, 0) is 4.79 Å². The molecule has 0 aliphatic heterocycles. The van der Waals surface area contributed by atoms with E-state index in [0.29, 0.717) is 30.8 Å². The highest BCUT2D eigenvalue weighted by atomic mass is 16.4. The van der Waals surface area contributed by atoms with Gasteiger partial charge in [0.25, 0.3) is 0 Å². The van der Waals surface area contributed by atoms with Gasteiger partial charge in [0.05, 0.1) is 17.6 Å². The average Bonchev–Trinajstić information content (AvgIpc) is 2.77.